The molecule has 0 spiro atoms. The summed E-state index contributed by atoms with van der Waals surface area (Å²) in [5, 5.41) is 3.33. The average Bonchev–Trinajstić information content (AvgIpc) is 2.46. The summed E-state index contributed by atoms with van der Waals surface area (Å²) in [5.74, 6) is 0.311. The highest BCUT2D eigenvalue weighted by atomic mass is 35.5. The van der Waals surface area contributed by atoms with Crippen LogP contribution in [-0.4, -0.2) is 42.8 Å². The van der Waals surface area contributed by atoms with Gasteiger partial charge in [-0.15, -0.1) is 0 Å². The fourth-order valence-electron chi connectivity index (χ4n) is 1.91. The van der Waals surface area contributed by atoms with Gasteiger partial charge >= 0.3 is 0 Å². The Morgan fingerprint density at radius 1 is 1.50 bits per heavy atom. The van der Waals surface area contributed by atoms with Crippen molar-refractivity contribution in [2.24, 2.45) is 5.73 Å². The molecule has 0 aliphatic carbocycles. The van der Waals surface area contributed by atoms with Crippen LogP contribution in [0.2, 0.25) is 5.02 Å². The molecule has 0 radical (unpaired) electrons. The van der Waals surface area contributed by atoms with Crippen molar-refractivity contribution in [1.29, 1.82) is 0 Å². The minimum Gasteiger partial charge on any atom is -0.476 e. The number of nitrogens with two attached hydrogens (primary N) is 1. The number of nitrogens with zero attached hydrogens (tertiary/aromatic N) is 1. The molecule has 7 heteroatoms. The van der Waals surface area contributed by atoms with Crippen LogP contribution in [0.3, 0.4) is 0 Å². The van der Waals surface area contributed by atoms with E-state index in [0.717, 1.165) is 0 Å². The number of hydrogen-bond donors (Lipinski definition) is 2. The summed E-state index contributed by atoms with van der Waals surface area (Å²) >= 11 is 5.72. The minimum atomic E-state index is -0.823. The Morgan fingerprint density at radius 2 is 2.25 bits per heavy atom. The lowest BCUT2D eigenvalue weighted by atomic mass is 9.90. The second-order valence-corrected chi connectivity index (χ2v) is 5.12. The molecule has 0 saturated carbocycles. The third-order valence-electron chi connectivity index (χ3n) is 3.18. The maximum Gasteiger partial charge on any atom is 0.240 e. The minimum absolute atomic E-state index is 0.159. The maximum atomic E-state index is 12.0. The lowest BCUT2D eigenvalue weighted by molar-refractivity contribution is -0.129. The fourth-order valence-corrected chi connectivity index (χ4v) is 2.02. The second kappa shape index (κ2) is 6.88. The molecule has 20 heavy (non-hydrogen) atoms. The first-order valence-corrected chi connectivity index (χ1v) is 6.87. The van der Waals surface area contributed by atoms with Gasteiger partial charge in [-0.1, -0.05) is 11.6 Å². The van der Waals surface area contributed by atoms with Crippen molar-refractivity contribution in [1.82, 2.24) is 10.3 Å². The van der Waals surface area contributed by atoms with E-state index in [2.05, 4.69) is 10.3 Å². The SMILES string of the molecule is NC1(C(=O)NCCOc2ccc(Cl)cn2)CCOCC1. The Kier molecular flexibility index (Phi) is 5.17. The van der Waals surface area contributed by atoms with Crippen LogP contribution in [-0.2, 0) is 9.53 Å². The highest BCUT2D eigenvalue weighted by molar-refractivity contribution is 6.30. The van der Waals surface area contributed by atoms with Crippen LogP contribution in [0, 0.1) is 0 Å². The van der Waals surface area contributed by atoms with Gasteiger partial charge in [-0.25, -0.2) is 4.98 Å². The van der Waals surface area contributed by atoms with Gasteiger partial charge in [-0.05, 0) is 18.9 Å². The monoisotopic (exact) mass is 299 g/mol. The maximum absolute atomic E-state index is 12.0. The van der Waals surface area contributed by atoms with Crippen LogP contribution in [0.1, 0.15) is 12.8 Å². The number of nitrogens with one attached hydrogen (secondary N) is 1. The number of rotatable bonds is 5. The van der Waals surface area contributed by atoms with Crippen LogP contribution in [0.15, 0.2) is 18.3 Å². The smallest absolute Gasteiger partial charge is 0.240 e. The third-order valence-corrected chi connectivity index (χ3v) is 3.40. The highest BCUT2D eigenvalue weighted by Crippen LogP contribution is 2.17. The first kappa shape index (κ1) is 15.0. The predicted octanol–water partition coefficient (Wildman–Crippen LogP) is 0.738. The predicted molar refractivity (Wildman–Crippen MR) is 74.7 cm³/mol. The molecule has 3 N–H and O–H groups in total. The van der Waals surface area contributed by atoms with Gasteiger partial charge < -0.3 is 20.5 Å². The van der Waals surface area contributed by atoms with Gasteiger partial charge in [-0.2, -0.15) is 0 Å². The van der Waals surface area contributed by atoms with E-state index in [4.69, 9.17) is 26.8 Å². The van der Waals surface area contributed by atoms with Gasteiger partial charge in [0.15, 0.2) is 0 Å². The van der Waals surface area contributed by atoms with E-state index in [1.165, 1.54) is 6.20 Å². The summed E-state index contributed by atoms with van der Waals surface area (Å²) in [6.07, 6.45) is 2.59. The van der Waals surface area contributed by atoms with Gasteiger partial charge in [0.2, 0.25) is 11.8 Å². The molecule has 1 saturated heterocycles. The summed E-state index contributed by atoms with van der Waals surface area (Å²) in [6.45, 7) is 1.75. The van der Waals surface area contributed by atoms with Crippen molar-refractivity contribution in [2.75, 3.05) is 26.4 Å². The molecule has 0 aromatic carbocycles. The lowest BCUT2D eigenvalue weighted by Crippen LogP contribution is -2.57. The van der Waals surface area contributed by atoms with E-state index in [1.807, 2.05) is 0 Å². The van der Waals surface area contributed by atoms with E-state index in [-0.39, 0.29) is 5.91 Å². The van der Waals surface area contributed by atoms with Crippen LogP contribution in [0.25, 0.3) is 0 Å². The first-order chi connectivity index (χ1) is 9.60. The number of hydrogen-bond acceptors (Lipinski definition) is 5. The van der Waals surface area contributed by atoms with Crippen molar-refractivity contribution < 1.29 is 14.3 Å². The average molecular weight is 300 g/mol. The molecule has 0 unspecified atom stereocenters. The summed E-state index contributed by atoms with van der Waals surface area (Å²) in [5.41, 5.74) is 5.23. The summed E-state index contributed by atoms with van der Waals surface area (Å²) in [7, 11) is 0. The zero-order chi connectivity index (χ0) is 14.4. The molecule has 1 aliphatic rings. The zero-order valence-corrected chi connectivity index (χ0v) is 11.9. The van der Waals surface area contributed by atoms with Gasteiger partial charge in [0.1, 0.15) is 6.61 Å². The molecule has 2 rings (SSSR count). The molecule has 1 aromatic rings. The largest absolute Gasteiger partial charge is 0.476 e. The van der Waals surface area contributed by atoms with Gasteiger partial charge in [0.05, 0.1) is 17.1 Å². The quantitative estimate of drug-likeness (QED) is 0.783. The Labute approximate surface area is 122 Å². The standard InChI is InChI=1S/C13H18ClN3O3/c14-10-1-2-11(17-9-10)20-8-5-16-12(18)13(15)3-6-19-7-4-13/h1-2,9H,3-8,15H2,(H,16,18). The molecular formula is C13H18ClN3O3. The van der Waals surface area contributed by atoms with Crippen LogP contribution in [0.4, 0.5) is 0 Å². The van der Waals surface area contributed by atoms with Crippen LogP contribution < -0.4 is 15.8 Å². The number of ether oxygens (including phenoxy) is 2. The van der Waals surface area contributed by atoms with Gasteiger partial charge in [0.25, 0.3) is 0 Å². The van der Waals surface area contributed by atoms with E-state index in [1.54, 1.807) is 12.1 Å². The zero-order valence-electron chi connectivity index (χ0n) is 11.1. The summed E-state index contributed by atoms with van der Waals surface area (Å²) in [6, 6.07) is 3.37. The van der Waals surface area contributed by atoms with Gasteiger partial charge in [-0.3, -0.25) is 4.79 Å². The van der Waals surface area contributed by atoms with Crippen molar-refractivity contribution in [2.45, 2.75) is 18.4 Å². The number of halogens is 1. The molecule has 1 fully saturated rings. The Bertz CT molecular complexity index is 447. The number of pyridine rings is 1. The highest BCUT2D eigenvalue weighted by Gasteiger charge is 2.35. The molecule has 1 aromatic heterocycles. The normalized spacial score (nSPS) is 17.5. The van der Waals surface area contributed by atoms with E-state index in [9.17, 15) is 4.79 Å². The van der Waals surface area contributed by atoms with Crippen molar-refractivity contribution in [3.05, 3.63) is 23.4 Å². The molecule has 110 valence electrons. The van der Waals surface area contributed by atoms with E-state index < -0.39 is 5.54 Å². The molecule has 1 amide bonds. The molecule has 1 aliphatic heterocycles. The molecular weight excluding hydrogens is 282 g/mol. The third kappa shape index (κ3) is 4.06. The van der Waals surface area contributed by atoms with Crippen molar-refractivity contribution in [3.8, 4) is 5.88 Å². The molecule has 6 nitrogen and oxygen atoms in total. The first-order valence-electron chi connectivity index (χ1n) is 6.49. The Hall–Kier alpha value is -1.37. The molecule has 0 bridgehead atoms. The number of carbonyl (C=O) groups excluding carboxylic acids is 1. The summed E-state index contributed by atoms with van der Waals surface area (Å²) < 4.78 is 10.6. The van der Waals surface area contributed by atoms with Crippen LogP contribution >= 0.6 is 11.6 Å². The van der Waals surface area contributed by atoms with E-state index in [0.29, 0.717) is 50.1 Å². The Morgan fingerprint density at radius 3 is 2.90 bits per heavy atom. The number of amides is 1. The fraction of sp³-hybridized carbons (Fsp3) is 0.538. The topological polar surface area (TPSA) is 86.5 Å². The number of carbonyl (C=O) groups is 1. The van der Waals surface area contributed by atoms with Crippen molar-refractivity contribution >= 4 is 17.5 Å². The van der Waals surface area contributed by atoms with Gasteiger partial charge in [0, 0.05) is 25.5 Å². The van der Waals surface area contributed by atoms with Crippen LogP contribution in [0.5, 0.6) is 5.88 Å². The molecule has 0 atom stereocenters. The van der Waals surface area contributed by atoms with Crippen molar-refractivity contribution in [3.63, 3.8) is 0 Å². The second-order valence-electron chi connectivity index (χ2n) is 4.69. The number of aromatic nitrogens is 1. The molecule has 2 heterocycles. The van der Waals surface area contributed by atoms with E-state index >= 15 is 0 Å². The summed E-state index contributed by atoms with van der Waals surface area (Å²) in [4.78, 5) is 16.0. The lowest BCUT2D eigenvalue weighted by Gasteiger charge is -2.31. The Balaban J connectivity index is 1.70.